The lowest BCUT2D eigenvalue weighted by Gasteiger charge is -2.09. The SMILES string of the molecule is CCCOc1cccc(NC(=O)c2ccnc(CN)c2)c1. The molecule has 2 aromatic rings. The minimum atomic E-state index is -0.195. The van der Waals surface area contributed by atoms with Gasteiger partial charge < -0.3 is 15.8 Å². The minimum absolute atomic E-state index is 0.195. The second-order valence-corrected chi connectivity index (χ2v) is 4.57. The molecule has 0 unspecified atom stereocenters. The predicted molar refractivity (Wildman–Crippen MR) is 82.3 cm³/mol. The lowest BCUT2D eigenvalue weighted by Crippen LogP contribution is -2.13. The zero-order valence-corrected chi connectivity index (χ0v) is 12.0. The topological polar surface area (TPSA) is 77.2 Å². The van der Waals surface area contributed by atoms with Crippen molar-refractivity contribution in [2.45, 2.75) is 19.9 Å². The highest BCUT2D eigenvalue weighted by Crippen LogP contribution is 2.18. The summed E-state index contributed by atoms with van der Waals surface area (Å²) in [5.41, 5.74) is 7.44. The summed E-state index contributed by atoms with van der Waals surface area (Å²) in [6.45, 7) is 3.01. The van der Waals surface area contributed by atoms with E-state index >= 15 is 0 Å². The first-order chi connectivity index (χ1) is 10.2. The van der Waals surface area contributed by atoms with E-state index in [1.165, 1.54) is 0 Å². The van der Waals surface area contributed by atoms with Crippen LogP contribution in [0.15, 0.2) is 42.6 Å². The Kier molecular flexibility index (Phi) is 5.29. The monoisotopic (exact) mass is 285 g/mol. The van der Waals surface area contributed by atoms with E-state index in [1.807, 2.05) is 25.1 Å². The second kappa shape index (κ2) is 7.40. The van der Waals surface area contributed by atoms with Crippen LogP contribution in [0.3, 0.4) is 0 Å². The molecule has 5 nitrogen and oxygen atoms in total. The average Bonchev–Trinajstić information content (AvgIpc) is 2.53. The summed E-state index contributed by atoms with van der Waals surface area (Å²) in [7, 11) is 0. The van der Waals surface area contributed by atoms with E-state index in [2.05, 4.69) is 10.3 Å². The number of nitrogens with zero attached hydrogens (tertiary/aromatic N) is 1. The van der Waals surface area contributed by atoms with E-state index in [0.29, 0.717) is 30.1 Å². The van der Waals surface area contributed by atoms with E-state index in [4.69, 9.17) is 10.5 Å². The van der Waals surface area contributed by atoms with Crippen molar-refractivity contribution >= 4 is 11.6 Å². The molecular formula is C16H19N3O2. The smallest absolute Gasteiger partial charge is 0.255 e. The first-order valence-electron chi connectivity index (χ1n) is 6.92. The first kappa shape index (κ1) is 15.0. The number of carbonyl (C=O) groups excluding carboxylic acids is 1. The van der Waals surface area contributed by atoms with Crippen molar-refractivity contribution in [3.05, 3.63) is 53.9 Å². The Bertz CT molecular complexity index is 614. The summed E-state index contributed by atoms with van der Waals surface area (Å²) in [5.74, 6) is 0.548. The second-order valence-electron chi connectivity index (χ2n) is 4.57. The summed E-state index contributed by atoms with van der Waals surface area (Å²) >= 11 is 0. The number of nitrogens with two attached hydrogens (primary N) is 1. The van der Waals surface area contributed by atoms with E-state index < -0.39 is 0 Å². The Morgan fingerprint density at radius 3 is 2.95 bits per heavy atom. The summed E-state index contributed by atoms with van der Waals surface area (Å²) < 4.78 is 5.54. The van der Waals surface area contributed by atoms with Gasteiger partial charge in [-0.1, -0.05) is 13.0 Å². The molecule has 0 saturated carbocycles. The number of carbonyl (C=O) groups is 1. The van der Waals surface area contributed by atoms with Gasteiger partial charge in [0, 0.05) is 30.1 Å². The van der Waals surface area contributed by atoms with Crippen LogP contribution in [0, 0.1) is 0 Å². The third-order valence-corrected chi connectivity index (χ3v) is 2.85. The van der Waals surface area contributed by atoms with E-state index in [9.17, 15) is 4.79 Å². The molecule has 3 N–H and O–H groups in total. The van der Waals surface area contributed by atoms with Crippen molar-refractivity contribution in [1.82, 2.24) is 4.98 Å². The van der Waals surface area contributed by atoms with E-state index in [-0.39, 0.29) is 5.91 Å². The molecular weight excluding hydrogens is 266 g/mol. The van der Waals surface area contributed by atoms with Gasteiger partial charge in [0.1, 0.15) is 5.75 Å². The van der Waals surface area contributed by atoms with Crippen LogP contribution in [0.25, 0.3) is 0 Å². The molecule has 2 rings (SSSR count). The number of ether oxygens (including phenoxy) is 1. The van der Waals surface area contributed by atoms with Crippen molar-refractivity contribution in [2.24, 2.45) is 5.73 Å². The summed E-state index contributed by atoms with van der Waals surface area (Å²) in [6, 6.07) is 10.7. The van der Waals surface area contributed by atoms with Gasteiger partial charge in [0.15, 0.2) is 0 Å². The van der Waals surface area contributed by atoms with Crippen LogP contribution in [0.4, 0.5) is 5.69 Å². The van der Waals surface area contributed by atoms with Gasteiger partial charge in [-0.3, -0.25) is 9.78 Å². The highest BCUT2D eigenvalue weighted by Gasteiger charge is 2.07. The van der Waals surface area contributed by atoms with Gasteiger partial charge in [0.2, 0.25) is 0 Å². The van der Waals surface area contributed by atoms with Crippen molar-refractivity contribution in [3.8, 4) is 5.75 Å². The summed E-state index contributed by atoms with van der Waals surface area (Å²) in [6.07, 6.45) is 2.52. The predicted octanol–water partition coefficient (Wildman–Crippen LogP) is 2.58. The molecule has 21 heavy (non-hydrogen) atoms. The average molecular weight is 285 g/mol. The molecule has 0 aliphatic carbocycles. The molecule has 5 heteroatoms. The Labute approximate surface area is 124 Å². The van der Waals surface area contributed by atoms with Crippen LogP contribution in [0.2, 0.25) is 0 Å². The van der Waals surface area contributed by atoms with E-state index in [0.717, 1.165) is 12.2 Å². The van der Waals surface area contributed by atoms with Gasteiger partial charge in [0.05, 0.1) is 12.3 Å². The lowest BCUT2D eigenvalue weighted by molar-refractivity contribution is 0.102. The Balaban J connectivity index is 2.08. The fraction of sp³-hybridized carbons (Fsp3) is 0.250. The first-order valence-corrected chi connectivity index (χ1v) is 6.92. The molecule has 1 amide bonds. The van der Waals surface area contributed by atoms with Crippen molar-refractivity contribution in [2.75, 3.05) is 11.9 Å². The van der Waals surface area contributed by atoms with Gasteiger partial charge in [-0.2, -0.15) is 0 Å². The molecule has 0 bridgehead atoms. The van der Waals surface area contributed by atoms with Crippen LogP contribution < -0.4 is 15.8 Å². The number of anilines is 1. The molecule has 0 aliphatic rings. The summed E-state index contributed by atoms with van der Waals surface area (Å²) in [4.78, 5) is 16.3. The van der Waals surface area contributed by atoms with Gasteiger partial charge in [-0.05, 0) is 30.7 Å². The fourth-order valence-corrected chi connectivity index (χ4v) is 1.82. The maximum absolute atomic E-state index is 12.2. The third kappa shape index (κ3) is 4.29. The zero-order valence-electron chi connectivity index (χ0n) is 12.0. The van der Waals surface area contributed by atoms with Gasteiger partial charge in [0.25, 0.3) is 5.91 Å². The molecule has 0 radical (unpaired) electrons. The van der Waals surface area contributed by atoms with E-state index in [1.54, 1.807) is 24.4 Å². The molecule has 0 spiro atoms. The van der Waals surface area contributed by atoms with Crippen LogP contribution in [0.1, 0.15) is 29.4 Å². The van der Waals surface area contributed by atoms with Crippen molar-refractivity contribution in [3.63, 3.8) is 0 Å². The minimum Gasteiger partial charge on any atom is -0.494 e. The lowest BCUT2D eigenvalue weighted by atomic mass is 10.2. The number of pyridine rings is 1. The molecule has 0 atom stereocenters. The molecule has 1 aromatic heterocycles. The third-order valence-electron chi connectivity index (χ3n) is 2.85. The molecule has 0 aliphatic heterocycles. The molecule has 1 heterocycles. The number of aromatic nitrogens is 1. The number of benzene rings is 1. The number of nitrogens with one attached hydrogen (secondary N) is 1. The number of rotatable bonds is 6. The van der Waals surface area contributed by atoms with Crippen molar-refractivity contribution < 1.29 is 9.53 Å². The fourth-order valence-electron chi connectivity index (χ4n) is 1.82. The van der Waals surface area contributed by atoms with Crippen LogP contribution in [0.5, 0.6) is 5.75 Å². The number of amides is 1. The van der Waals surface area contributed by atoms with Crippen LogP contribution in [-0.2, 0) is 6.54 Å². The standard InChI is InChI=1S/C16H19N3O2/c1-2-8-21-15-5-3-4-13(10-15)19-16(20)12-6-7-18-14(9-12)11-17/h3-7,9-10H,2,8,11,17H2,1H3,(H,19,20). The normalized spacial score (nSPS) is 10.2. The number of hydrogen-bond donors (Lipinski definition) is 2. The highest BCUT2D eigenvalue weighted by atomic mass is 16.5. The quantitative estimate of drug-likeness (QED) is 0.855. The van der Waals surface area contributed by atoms with Gasteiger partial charge in [-0.15, -0.1) is 0 Å². The Morgan fingerprint density at radius 1 is 1.33 bits per heavy atom. The highest BCUT2D eigenvalue weighted by molar-refractivity contribution is 6.04. The Hall–Kier alpha value is -2.40. The number of hydrogen-bond acceptors (Lipinski definition) is 4. The molecule has 110 valence electrons. The molecule has 1 aromatic carbocycles. The van der Waals surface area contributed by atoms with Crippen LogP contribution >= 0.6 is 0 Å². The van der Waals surface area contributed by atoms with Gasteiger partial charge in [-0.25, -0.2) is 0 Å². The maximum Gasteiger partial charge on any atom is 0.255 e. The van der Waals surface area contributed by atoms with Gasteiger partial charge >= 0.3 is 0 Å². The largest absolute Gasteiger partial charge is 0.494 e. The summed E-state index contributed by atoms with van der Waals surface area (Å²) in [5, 5.41) is 2.84. The van der Waals surface area contributed by atoms with Crippen LogP contribution in [-0.4, -0.2) is 17.5 Å². The maximum atomic E-state index is 12.2. The zero-order chi connectivity index (χ0) is 15.1. The van der Waals surface area contributed by atoms with Crippen molar-refractivity contribution in [1.29, 1.82) is 0 Å². The Morgan fingerprint density at radius 2 is 2.19 bits per heavy atom. The molecule has 0 saturated heterocycles. The molecule has 0 fully saturated rings.